The summed E-state index contributed by atoms with van der Waals surface area (Å²) in [7, 11) is 0. The highest BCUT2D eigenvalue weighted by molar-refractivity contribution is 6.13. The van der Waals surface area contributed by atoms with Gasteiger partial charge in [-0.15, -0.1) is 0 Å². The summed E-state index contributed by atoms with van der Waals surface area (Å²) in [5.41, 5.74) is 8.29. The van der Waals surface area contributed by atoms with Crippen molar-refractivity contribution in [2.45, 2.75) is 0 Å². The van der Waals surface area contributed by atoms with Gasteiger partial charge in [-0.3, -0.25) is 0 Å². The third-order valence-corrected chi connectivity index (χ3v) is 8.14. The number of hydrogen-bond donors (Lipinski definition) is 0. The van der Waals surface area contributed by atoms with Crippen molar-refractivity contribution < 1.29 is 8.83 Å². The van der Waals surface area contributed by atoms with E-state index in [0.29, 0.717) is 17.5 Å². The Morgan fingerprint density at radius 1 is 0.341 bits per heavy atom. The van der Waals surface area contributed by atoms with E-state index in [1.165, 1.54) is 0 Å². The van der Waals surface area contributed by atoms with E-state index in [1.54, 1.807) is 0 Å². The van der Waals surface area contributed by atoms with Gasteiger partial charge < -0.3 is 8.83 Å². The summed E-state index contributed by atoms with van der Waals surface area (Å²) in [6, 6.07) is 47.0. The molecule has 0 aliphatic carbocycles. The summed E-state index contributed by atoms with van der Waals surface area (Å²) in [6.45, 7) is 0. The topological polar surface area (TPSA) is 65.0 Å². The molecule has 0 unspecified atom stereocenters. The monoisotopic (exact) mass is 565 g/mol. The summed E-state index contributed by atoms with van der Waals surface area (Å²) in [6.07, 6.45) is 0. The highest BCUT2D eigenvalue weighted by Crippen LogP contribution is 2.39. The zero-order valence-corrected chi connectivity index (χ0v) is 23.4. The van der Waals surface area contributed by atoms with Crippen molar-refractivity contribution in [2.75, 3.05) is 0 Å². The first kappa shape index (κ1) is 24.5. The van der Waals surface area contributed by atoms with Crippen LogP contribution in [0.3, 0.4) is 0 Å². The Kier molecular flexibility index (Phi) is 5.43. The maximum Gasteiger partial charge on any atom is 0.164 e. The fraction of sp³-hybridized carbons (Fsp3) is 0. The van der Waals surface area contributed by atoms with E-state index in [-0.39, 0.29) is 0 Å². The van der Waals surface area contributed by atoms with Crippen LogP contribution in [-0.2, 0) is 0 Å². The second-order valence-corrected chi connectivity index (χ2v) is 10.8. The number of furan rings is 2. The Balaban J connectivity index is 1.18. The Hall–Kier alpha value is -6.07. The van der Waals surface area contributed by atoms with Crippen molar-refractivity contribution in [3.63, 3.8) is 0 Å². The van der Waals surface area contributed by atoms with E-state index >= 15 is 0 Å². The van der Waals surface area contributed by atoms with E-state index in [9.17, 15) is 0 Å². The van der Waals surface area contributed by atoms with Crippen molar-refractivity contribution in [1.29, 1.82) is 0 Å². The second kappa shape index (κ2) is 9.75. The van der Waals surface area contributed by atoms with Gasteiger partial charge in [0.05, 0.1) is 0 Å². The zero-order chi connectivity index (χ0) is 29.0. The van der Waals surface area contributed by atoms with Crippen LogP contribution in [0.2, 0.25) is 0 Å². The third kappa shape index (κ3) is 3.98. The second-order valence-electron chi connectivity index (χ2n) is 10.8. The molecule has 0 N–H and O–H groups in total. The molecular weight excluding hydrogens is 542 g/mol. The van der Waals surface area contributed by atoms with Gasteiger partial charge in [-0.2, -0.15) is 0 Å². The highest BCUT2D eigenvalue weighted by Gasteiger charge is 2.16. The normalized spacial score (nSPS) is 11.6. The number of hydrogen-bond acceptors (Lipinski definition) is 5. The molecule has 5 heteroatoms. The Bertz CT molecular complexity index is 2440. The molecule has 0 fully saturated rings. The number of nitrogens with zero attached hydrogens (tertiary/aromatic N) is 3. The Labute approximate surface area is 252 Å². The molecule has 44 heavy (non-hydrogen) atoms. The van der Waals surface area contributed by atoms with Crippen LogP contribution in [-0.4, -0.2) is 15.0 Å². The Morgan fingerprint density at radius 3 is 1.55 bits per heavy atom. The van der Waals surface area contributed by atoms with Gasteiger partial charge >= 0.3 is 0 Å². The van der Waals surface area contributed by atoms with Gasteiger partial charge in [-0.1, -0.05) is 103 Å². The quantitative estimate of drug-likeness (QED) is 0.212. The van der Waals surface area contributed by atoms with Crippen molar-refractivity contribution >= 4 is 43.9 Å². The maximum absolute atomic E-state index is 6.49. The predicted molar refractivity (Wildman–Crippen MR) is 176 cm³/mol. The van der Waals surface area contributed by atoms with Gasteiger partial charge in [0.15, 0.2) is 17.5 Å². The molecule has 0 aliphatic rings. The van der Waals surface area contributed by atoms with E-state index in [1.807, 2.05) is 97.1 Å². The first-order chi connectivity index (χ1) is 21.8. The summed E-state index contributed by atoms with van der Waals surface area (Å²) in [5.74, 6) is 1.86. The molecule has 3 aromatic heterocycles. The molecule has 0 saturated carbocycles. The Morgan fingerprint density at radius 2 is 0.864 bits per heavy atom. The summed E-state index contributed by atoms with van der Waals surface area (Å²) >= 11 is 0. The predicted octanol–water partition coefficient (Wildman–Crippen LogP) is 10.3. The van der Waals surface area contributed by atoms with Gasteiger partial charge in [0.25, 0.3) is 0 Å². The molecular formula is C39H23N3O2. The number of para-hydroxylation sites is 1. The standard InChI is InChI=1S/C39H23N3O2/c1-3-10-24(11-4-1)37-40-38(25-12-5-2-6-13-25)42-39(41-37)27-19-21-30-29-20-18-26(22-34(29)44-35(30)23-27)28-15-9-17-33-36(28)31-14-7-8-16-32(31)43-33/h1-23H. The molecule has 0 aliphatic heterocycles. The largest absolute Gasteiger partial charge is 0.456 e. The molecule has 6 aromatic carbocycles. The highest BCUT2D eigenvalue weighted by atomic mass is 16.3. The van der Waals surface area contributed by atoms with Crippen LogP contribution in [0.4, 0.5) is 0 Å². The molecule has 9 rings (SSSR count). The lowest BCUT2D eigenvalue weighted by Crippen LogP contribution is -2.00. The lowest BCUT2D eigenvalue weighted by atomic mass is 9.98. The van der Waals surface area contributed by atoms with Crippen LogP contribution in [0, 0.1) is 0 Å². The first-order valence-electron chi connectivity index (χ1n) is 14.5. The van der Waals surface area contributed by atoms with Crippen LogP contribution in [0.1, 0.15) is 0 Å². The minimum absolute atomic E-state index is 0.597. The molecule has 0 bridgehead atoms. The average molecular weight is 566 g/mol. The molecule has 9 aromatic rings. The van der Waals surface area contributed by atoms with Crippen molar-refractivity contribution in [1.82, 2.24) is 15.0 Å². The lowest BCUT2D eigenvalue weighted by Gasteiger charge is -2.08. The number of benzene rings is 6. The van der Waals surface area contributed by atoms with Crippen LogP contribution in [0.15, 0.2) is 148 Å². The van der Waals surface area contributed by atoms with Crippen LogP contribution in [0.25, 0.3) is 89.2 Å². The average Bonchev–Trinajstić information content (AvgIpc) is 3.66. The van der Waals surface area contributed by atoms with Crippen LogP contribution < -0.4 is 0 Å². The summed E-state index contributed by atoms with van der Waals surface area (Å²) in [4.78, 5) is 14.6. The van der Waals surface area contributed by atoms with Crippen LogP contribution >= 0.6 is 0 Å². The van der Waals surface area contributed by atoms with E-state index < -0.39 is 0 Å². The molecule has 0 amide bonds. The lowest BCUT2D eigenvalue weighted by molar-refractivity contribution is 0.668. The third-order valence-electron chi connectivity index (χ3n) is 8.14. The van der Waals surface area contributed by atoms with E-state index in [2.05, 4.69) is 42.5 Å². The number of aromatic nitrogens is 3. The van der Waals surface area contributed by atoms with E-state index in [0.717, 1.165) is 71.7 Å². The van der Waals surface area contributed by atoms with Gasteiger partial charge in [-0.25, -0.2) is 15.0 Å². The van der Waals surface area contributed by atoms with Gasteiger partial charge in [0.1, 0.15) is 22.3 Å². The van der Waals surface area contributed by atoms with Crippen LogP contribution in [0.5, 0.6) is 0 Å². The molecule has 3 heterocycles. The number of fused-ring (bicyclic) bond motifs is 6. The molecule has 0 spiro atoms. The fourth-order valence-electron chi connectivity index (χ4n) is 6.04. The minimum Gasteiger partial charge on any atom is -0.456 e. The van der Waals surface area contributed by atoms with Gasteiger partial charge in [0, 0.05) is 38.2 Å². The van der Waals surface area contributed by atoms with Crippen molar-refractivity contribution in [2.24, 2.45) is 0 Å². The molecule has 0 saturated heterocycles. The minimum atomic E-state index is 0.597. The molecule has 5 nitrogen and oxygen atoms in total. The molecule has 0 atom stereocenters. The van der Waals surface area contributed by atoms with Crippen molar-refractivity contribution in [3.05, 3.63) is 140 Å². The zero-order valence-electron chi connectivity index (χ0n) is 23.4. The molecule has 206 valence electrons. The summed E-state index contributed by atoms with van der Waals surface area (Å²) < 4.78 is 12.6. The molecule has 0 radical (unpaired) electrons. The summed E-state index contributed by atoms with van der Waals surface area (Å²) in [5, 5.41) is 4.32. The van der Waals surface area contributed by atoms with Gasteiger partial charge in [0.2, 0.25) is 0 Å². The SMILES string of the molecule is c1ccc(-c2nc(-c3ccccc3)nc(-c3ccc4c(c3)oc3cc(-c5cccc6oc7ccccc7c56)ccc34)n2)cc1. The fourth-order valence-corrected chi connectivity index (χ4v) is 6.04. The van der Waals surface area contributed by atoms with Gasteiger partial charge in [-0.05, 0) is 47.5 Å². The number of rotatable bonds is 4. The first-order valence-corrected chi connectivity index (χ1v) is 14.5. The maximum atomic E-state index is 6.49. The van der Waals surface area contributed by atoms with Crippen molar-refractivity contribution in [3.8, 4) is 45.3 Å². The van der Waals surface area contributed by atoms with E-state index in [4.69, 9.17) is 23.8 Å². The smallest absolute Gasteiger partial charge is 0.164 e.